The molecule has 0 bridgehead atoms. The molecular formula is C22H32BNO4. The summed E-state index contributed by atoms with van der Waals surface area (Å²) in [4.78, 5) is 12.7. The Bertz CT molecular complexity index is 834. The lowest BCUT2D eigenvalue weighted by atomic mass is 9.80. The van der Waals surface area contributed by atoms with Gasteiger partial charge in [0.1, 0.15) is 5.58 Å². The number of amides is 1. The van der Waals surface area contributed by atoms with Gasteiger partial charge in [0.25, 0.3) is 0 Å². The van der Waals surface area contributed by atoms with Gasteiger partial charge in [-0.25, -0.2) is 0 Å². The molecule has 1 saturated heterocycles. The van der Waals surface area contributed by atoms with E-state index < -0.39 is 5.41 Å². The molecule has 6 heteroatoms. The van der Waals surface area contributed by atoms with Gasteiger partial charge >= 0.3 is 7.12 Å². The Morgan fingerprint density at radius 1 is 1.11 bits per heavy atom. The second-order valence-electron chi connectivity index (χ2n) is 9.76. The number of hydrogen-bond donors (Lipinski definition) is 1. The minimum absolute atomic E-state index is 0.0194. The van der Waals surface area contributed by atoms with Gasteiger partial charge in [0, 0.05) is 10.8 Å². The van der Waals surface area contributed by atoms with Crippen molar-refractivity contribution in [2.24, 2.45) is 5.41 Å². The van der Waals surface area contributed by atoms with Crippen LogP contribution in [0.1, 0.15) is 66.5 Å². The highest BCUT2D eigenvalue weighted by molar-refractivity contribution is 6.45. The summed E-state index contributed by atoms with van der Waals surface area (Å²) < 4.78 is 17.8. The van der Waals surface area contributed by atoms with Crippen LogP contribution in [-0.2, 0) is 14.1 Å². The zero-order chi connectivity index (χ0) is 20.7. The van der Waals surface area contributed by atoms with Gasteiger partial charge in [0.2, 0.25) is 5.91 Å². The summed E-state index contributed by atoms with van der Waals surface area (Å²) in [6, 6.07) is 7.88. The molecule has 152 valence electrons. The standard InChI is InChI=1S/C22H32BNO4/c1-20(2,3)19(25)24-17(16-9-8-15-11-13-26-18(15)14-16)10-12-23-27-21(4,5)22(6,7)28-23/h8-9,11,13-14,17H,10,12H2,1-7H3,(H,24,25). The van der Waals surface area contributed by atoms with E-state index in [2.05, 4.69) is 39.1 Å². The first-order valence-electron chi connectivity index (χ1n) is 10.0. The first-order valence-corrected chi connectivity index (χ1v) is 10.0. The molecule has 1 atom stereocenters. The zero-order valence-electron chi connectivity index (χ0n) is 18.1. The van der Waals surface area contributed by atoms with E-state index in [9.17, 15) is 4.79 Å². The number of nitrogens with one attached hydrogen (secondary N) is 1. The topological polar surface area (TPSA) is 60.7 Å². The maximum atomic E-state index is 12.7. The molecule has 1 fully saturated rings. The third-order valence-electron chi connectivity index (χ3n) is 5.86. The highest BCUT2D eigenvalue weighted by Gasteiger charge is 2.50. The van der Waals surface area contributed by atoms with Crippen LogP contribution in [0.5, 0.6) is 0 Å². The second-order valence-corrected chi connectivity index (χ2v) is 9.76. The van der Waals surface area contributed by atoms with E-state index in [0.717, 1.165) is 16.5 Å². The lowest BCUT2D eigenvalue weighted by Crippen LogP contribution is -2.41. The van der Waals surface area contributed by atoms with Gasteiger partial charge in [-0.2, -0.15) is 0 Å². The van der Waals surface area contributed by atoms with Crippen LogP contribution < -0.4 is 5.32 Å². The molecule has 2 aromatic rings. The summed E-state index contributed by atoms with van der Waals surface area (Å²) in [6.45, 7) is 14.0. The lowest BCUT2D eigenvalue weighted by Gasteiger charge is -2.32. The molecule has 1 aliphatic rings. The first-order chi connectivity index (χ1) is 12.9. The van der Waals surface area contributed by atoms with E-state index in [4.69, 9.17) is 13.7 Å². The number of benzene rings is 1. The van der Waals surface area contributed by atoms with Crippen LogP contribution in [0.2, 0.25) is 6.32 Å². The van der Waals surface area contributed by atoms with Gasteiger partial charge in [-0.05, 0) is 58.1 Å². The highest BCUT2D eigenvalue weighted by Crippen LogP contribution is 2.39. The molecule has 1 amide bonds. The fourth-order valence-electron chi connectivity index (χ4n) is 3.27. The van der Waals surface area contributed by atoms with Crippen LogP contribution >= 0.6 is 0 Å². The molecule has 3 rings (SSSR count). The first kappa shape index (κ1) is 20.9. The predicted molar refractivity (Wildman–Crippen MR) is 112 cm³/mol. The summed E-state index contributed by atoms with van der Waals surface area (Å²) in [7, 11) is -0.286. The van der Waals surface area contributed by atoms with Gasteiger partial charge < -0.3 is 19.0 Å². The number of rotatable bonds is 5. The van der Waals surface area contributed by atoms with Crippen LogP contribution in [0.3, 0.4) is 0 Å². The quantitative estimate of drug-likeness (QED) is 0.726. The third kappa shape index (κ3) is 4.28. The molecule has 1 aromatic carbocycles. The number of carbonyl (C=O) groups is 1. The average molecular weight is 385 g/mol. The summed E-state index contributed by atoms with van der Waals surface area (Å²) in [5.41, 5.74) is 0.681. The smallest absolute Gasteiger partial charge is 0.457 e. The second kappa shape index (κ2) is 7.23. The van der Waals surface area contributed by atoms with Gasteiger partial charge in [-0.1, -0.05) is 32.9 Å². The Kier molecular flexibility index (Phi) is 5.41. The monoisotopic (exact) mass is 385 g/mol. The van der Waals surface area contributed by atoms with Crippen molar-refractivity contribution in [3.63, 3.8) is 0 Å². The molecule has 1 N–H and O–H groups in total. The number of carbonyl (C=O) groups excluding carboxylic acids is 1. The van der Waals surface area contributed by atoms with Crippen molar-refractivity contribution >= 4 is 24.0 Å². The maximum absolute atomic E-state index is 12.7. The summed E-state index contributed by atoms with van der Waals surface area (Å²) in [5, 5.41) is 4.26. The maximum Gasteiger partial charge on any atom is 0.457 e. The predicted octanol–water partition coefficient (Wildman–Crippen LogP) is 5.12. The molecule has 5 nitrogen and oxygen atoms in total. The molecule has 0 spiro atoms. The molecule has 0 radical (unpaired) electrons. The Morgan fingerprint density at radius 2 is 1.75 bits per heavy atom. The number of furan rings is 1. The number of hydrogen-bond acceptors (Lipinski definition) is 4. The van der Waals surface area contributed by atoms with Crippen molar-refractivity contribution in [2.45, 2.75) is 78.5 Å². The van der Waals surface area contributed by atoms with Crippen LogP contribution in [0.25, 0.3) is 11.0 Å². The van der Waals surface area contributed by atoms with E-state index in [1.165, 1.54) is 0 Å². The molecule has 0 saturated carbocycles. The normalized spacial score (nSPS) is 19.8. The van der Waals surface area contributed by atoms with E-state index in [0.29, 0.717) is 12.7 Å². The molecule has 2 heterocycles. The van der Waals surface area contributed by atoms with Crippen LogP contribution in [0.15, 0.2) is 34.9 Å². The SMILES string of the molecule is CC(C)(C)C(=O)NC(CCB1OC(C)(C)C(C)(C)O1)c1ccc2ccoc2c1. The van der Waals surface area contributed by atoms with Crippen molar-refractivity contribution in [1.29, 1.82) is 0 Å². The lowest BCUT2D eigenvalue weighted by molar-refractivity contribution is -0.129. The minimum atomic E-state index is -0.461. The van der Waals surface area contributed by atoms with Crippen molar-refractivity contribution in [3.8, 4) is 0 Å². The van der Waals surface area contributed by atoms with Gasteiger partial charge in [-0.15, -0.1) is 0 Å². The molecule has 1 aliphatic heterocycles. The summed E-state index contributed by atoms with van der Waals surface area (Å²) in [6.07, 6.45) is 3.09. The van der Waals surface area contributed by atoms with Crippen molar-refractivity contribution in [1.82, 2.24) is 5.32 Å². The third-order valence-corrected chi connectivity index (χ3v) is 5.86. The van der Waals surface area contributed by atoms with Crippen molar-refractivity contribution < 1.29 is 18.5 Å². The van der Waals surface area contributed by atoms with E-state index >= 15 is 0 Å². The zero-order valence-corrected chi connectivity index (χ0v) is 18.1. The minimum Gasteiger partial charge on any atom is -0.464 e. The Hall–Kier alpha value is -1.79. The fourth-order valence-corrected chi connectivity index (χ4v) is 3.27. The van der Waals surface area contributed by atoms with E-state index in [1.807, 2.05) is 39.0 Å². The molecule has 1 unspecified atom stereocenters. The van der Waals surface area contributed by atoms with Gasteiger partial charge in [-0.3, -0.25) is 4.79 Å². The Balaban J connectivity index is 1.77. The largest absolute Gasteiger partial charge is 0.464 e. The van der Waals surface area contributed by atoms with Crippen LogP contribution in [-0.4, -0.2) is 24.2 Å². The number of fused-ring (bicyclic) bond motifs is 1. The summed E-state index contributed by atoms with van der Waals surface area (Å²) in [5.74, 6) is 0.0194. The molecular weight excluding hydrogens is 353 g/mol. The highest BCUT2D eigenvalue weighted by atomic mass is 16.7. The van der Waals surface area contributed by atoms with Gasteiger partial charge in [0.05, 0.1) is 23.5 Å². The molecule has 28 heavy (non-hydrogen) atoms. The average Bonchev–Trinajstić information content (AvgIpc) is 3.11. The molecule has 1 aromatic heterocycles. The van der Waals surface area contributed by atoms with Crippen molar-refractivity contribution in [3.05, 3.63) is 36.1 Å². The van der Waals surface area contributed by atoms with Crippen LogP contribution in [0.4, 0.5) is 0 Å². The summed E-state index contributed by atoms with van der Waals surface area (Å²) >= 11 is 0. The Labute approximate surface area is 168 Å². The Morgan fingerprint density at radius 3 is 2.36 bits per heavy atom. The van der Waals surface area contributed by atoms with Crippen LogP contribution in [0, 0.1) is 5.41 Å². The van der Waals surface area contributed by atoms with Gasteiger partial charge in [0.15, 0.2) is 0 Å². The molecule has 0 aliphatic carbocycles. The fraction of sp³-hybridized carbons (Fsp3) is 0.591. The van der Waals surface area contributed by atoms with E-state index in [1.54, 1.807) is 6.26 Å². The van der Waals surface area contributed by atoms with E-state index in [-0.39, 0.29) is 30.3 Å². The van der Waals surface area contributed by atoms with Crippen molar-refractivity contribution in [2.75, 3.05) is 0 Å².